The molecule has 0 amide bonds. The molecule has 0 aliphatic carbocycles. The van der Waals surface area contributed by atoms with E-state index in [1.54, 1.807) is 21.3 Å². The minimum absolute atomic E-state index is 0.193. The predicted octanol–water partition coefficient (Wildman–Crippen LogP) is 3.41. The summed E-state index contributed by atoms with van der Waals surface area (Å²) < 4.78 is 21.2. The Balaban J connectivity index is 2.26. The quantitative estimate of drug-likeness (QED) is 0.732. The van der Waals surface area contributed by atoms with Crippen LogP contribution < -0.4 is 9.47 Å². The molecule has 4 nitrogen and oxygen atoms in total. The van der Waals surface area contributed by atoms with Gasteiger partial charge in [0, 0.05) is 7.11 Å². The van der Waals surface area contributed by atoms with Crippen LogP contribution in [0.5, 0.6) is 11.5 Å². The third-order valence-corrected chi connectivity index (χ3v) is 3.19. The SMILES string of the molecule is COCOC(c1ccc(OC)cc1)c1ccc(OC)cc1. The van der Waals surface area contributed by atoms with Crippen LogP contribution in [-0.2, 0) is 9.47 Å². The van der Waals surface area contributed by atoms with Gasteiger partial charge >= 0.3 is 0 Å². The molecule has 0 aromatic heterocycles. The van der Waals surface area contributed by atoms with Gasteiger partial charge in [-0.15, -0.1) is 0 Å². The molecule has 0 saturated carbocycles. The second-order valence-electron chi connectivity index (χ2n) is 4.50. The van der Waals surface area contributed by atoms with Crippen LogP contribution in [0.15, 0.2) is 48.5 Å². The maximum Gasteiger partial charge on any atom is 0.147 e. The molecule has 0 radical (unpaired) electrons. The molecule has 112 valence electrons. The van der Waals surface area contributed by atoms with Gasteiger partial charge in [-0.3, -0.25) is 0 Å². The Bertz CT molecular complexity index is 486. The summed E-state index contributed by atoms with van der Waals surface area (Å²) in [6, 6.07) is 15.6. The summed E-state index contributed by atoms with van der Waals surface area (Å²) in [6.45, 7) is 0.225. The van der Waals surface area contributed by atoms with E-state index in [1.807, 2.05) is 48.5 Å². The minimum Gasteiger partial charge on any atom is -0.497 e. The maximum atomic E-state index is 5.81. The smallest absolute Gasteiger partial charge is 0.147 e. The van der Waals surface area contributed by atoms with Gasteiger partial charge in [-0.25, -0.2) is 0 Å². The van der Waals surface area contributed by atoms with Crippen molar-refractivity contribution in [3.05, 3.63) is 59.7 Å². The van der Waals surface area contributed by atoms with E-state index in [2.05, 4.69) is 0 Å². The van der Waals surface area contributed by atoms with Crippen molar-refractivity contribution < 1.29 is 18.9 Å². The highest BCUT2D eigenvalue weighted by Gasteiger charge is 2.15. The normalized spacial score (nSPS) is 10.7. The van der Waals surface area contributed by atoms with E-state index in [0.29, 0.717) is 0 Å². The molecule has 0 aliphatic rings. The van der Waals surface area contributed by atoms with Crippen molar-refractivity contribution >= 4 is 0 Å². The minimum atomic E-state index is -0.193. The van der Waals surface area contributed by atoms with Crippen molar-refractivity contribution in [1.82, 2.24) is 0 Å². The van der Waals surface area contributed by atoms with E-state index in [1.165, 1.54) is 0 Å². The van der Waals surface area contributed by atoms with Crippen LogP contribution in [0.4, 0.5) is 0 Å². The zero-order valence-corrected chi connectivity index (χ0v) is 12.5. The Morgan fingerprint density at radius 2 is 1.14 bits per heavy atom. The number of hydrogen-bond donors (Lipinski definition) is 0. The van der Waals surface area contributed by atoms with Gasteiger partial charge < -0.3 is 18.9 Å². The molecule has 0 atom stereocenters. The highest BCUT2D eigenvalue weighted by molar-refractivity contribution is 5.36. The first-order valence-corrected chi connectivity index (χ1v) is 6.67. The number of ether oxygens (including phenoxy) is 4. The molecule has 0 heterocycles. The highest BCUT2D eigenvalue weighted by atomic mass is 16.7. The number of hydrogen-bond acceptors (Lipinski definition) is 4. The molecule has 2 rings (SSSR count). The molecule has 0 bridgehead atoms. The average Bonchev–Trinajstić information content (AvgIpc) is 2.56. The molecule has 0 aliphatic heterocycles. The van der Waals surface area contributed by atoms with Gasteiger partial charge in [-0.2, -0.15) is 0 Å². The lowest BCUT2D eigenvalue weighted by Crippen LogP contribution is -2.08. The van der Waals surface area contributed by atoms with Crippen LogP contribution in [-0.4, -0.2) is 28.1 Å². The lowest BCUT2D eigenvalue weighted by molar-refractivity contribution is -0.0591. The van der Waals surface area contributed by atoms with Gasteiger partial charge in [0.1, 0.15) is 24.4 Å². The van der Waals surface area contributed by atoms with Gasteiger partial charge in [-0.1, -0.05) is 24.3 Å². The molecule has 0 saturated heterocycles. The maximum absolute atomic E-state index is 5.81. The van der Waals surface area contributed by atoms with Crippen molar-refractivity contribution in [2.24, 2.45) is 0 Å². The molecule has 0 unspecified atom stereocenters. The van der Waals surface area contributed by atoms with Crippen molar-refractivity contribution in [2.75, 3.05) is 28.1 Å². The molecule has 2 aromatic carbocycles. The lowest BCUT2D eigenvalue weighted by Gasteiger charge is -2.19. The number of rotatable bonds is 7. The van der Waals surface area contributed by atoms with E-state index in [0.717, 1.165) is 22.6 Å². The summed E-state index contributed by atoms with van der Waals surface area (Å²) in [5, 5.41) is 0. The topological polar surface area (TPSA) is 36.9 Å². The fourth-order valence-electron chi connectivity index (χ4n) is 2.08. The Labute approximate surface area is 125 Å². The van der Waals surface area contributed by atoms with Crippen LogP contribution in [0, 0.1) is 0 Å². The molecule has 0 fully saturated rings. The first-order valence-electron chi connectivity index (χ1n) is 6.67. The van der Waals surface area contributed by atoms with E-state index >= 15 is 0 Å². The van der Waals surface area contributed by atoms with Gasteiger partial charge in [0.25, 0.3) is 0 Å². The summed E-state index contributed by atoms with van der Waals surface area (Å²) >= 11 is 0. The fraction of sp³-hybridized carbons (Fsp3) is 0.294. The second kappa shape index (κ2) is 7.67. The Hall–Kier alpha value is -2.04. The van der Waals surface area contributed by atoms with E-state index in [-0.39, 0.29) is 12.9 Å². The molecule has 4 heteroatoms. The third-order valence-electron chi connectivity index (χ3n) is 3.19. The third kappa shape index (κ3) is 3.97. The van der Waals surface area contributed by atoms with Crippen molar-refractivity contribution in [3.63, 3.8) is 0 Å². The lowest BCUT2D eigenvalue weighted by atomic mass is 10.0. The standard InChI is InChI=1S/C17H20O4/c1-18-12-21-17(13-4-8-15(19-2)9-5-13)14-6-10-16(20-3)11-7-14/h4-11,17H,12H2,1-3H3. The van der Waals surface area contributed by atoms with Gasteiger partial charge in [0.15, 0.2) is 0 Å². The zero-order valence-electron chi connectivity index (χ0n) is 12.5. The molecular formula is C17H20O4. The Morgan fingerprint density at radius 3 is 1.48 bits per heavy atom. The van der Waals surface area contributed by atoms with E-state index < -0.39 is 0 Å². The first-order chi connectivity index (χ1) is 10.3. The average molecular weight is 288 g/mol. The monoisotopic (exact) mass is 288 g/mol. The number of benzene rings is 2. The molecular weight excluding hydrogens is 268 g/mol. The summed E-state index contributed by atoms with van der Waals surface area (Å²) in [4.78, 5) is 0. The Kier molecular flexibility index (Phi) is 5.60. The van der Waals surface area contributed by atoms with Gasteiger partial charge in [-0.05, 0) is 35.4 Å². The summed E-state index contributed by atoms with van der Waals surface area (Å²) in [7, 11) is 4.91. The number of methoxy groups -OCH3 is 3. The zero-order chi connectivity index (χ0) is 15.1. The summed E-state index contributed by atoms with van der Waals surface area (Å²) in [5.41, 5.74) is 2.08. The Morgan fingerprint density at radius 1 is 0.714 bits per heavy atom. The van der Waals surface area contributed by atoms with Crippen molar-refractivity contribution in [1.29, 1.82) is 0 Å². The van der Waals surface area contributed by atoms with Crippen LogP contribution >= 0.6 is 0 Å². The van der Waals surface area contributed by atoms with Gasteiger partial charge in [0.2, 0.25) is 0 Å². The molecule has 0 spiro atoms. The summed E-state index contributed by atoms with van der Waals surface area (Å²) in [5.74, 6) is 1.64. The molecule has 21 heavy (non-hydrogen) atoms. The van der Waals surface area contributed by atoms with E-state index in [9.17, 15) is 0 Å². The summed E-state index contributed by atoms with van der Waals surface area (Å²) in [6.07, 6.45) is -0.193. The van der Waals surface area contributed by atoms with Crippen molar-refractivity contribution in [3.8, 4) is 11.5 Å². The molecule has 2 aromatic rings. The first kappa shape index (κ1) is 15.4. The van der Waals surface area contributed by atoms with Crippen LogP contribution in [0.3, 0.4) is 0 Å². The second-order valence-corrected chi connectivity index (χ2v) is 4.50. The van der Waals surface area contributed by atoms with Crippen LogP contribution in [0.1, 0.15) is 17.2 Å². The van der Waals surface area contributed by atoms with Gasteiger partial charge in [0.05, 0.1) is 14.2 Å². The predicted molar refractivity (Wildman–Crippen MR) is 80.8 cm³/mol. The molecule has 0 N–H and O–H groups in total. The van der Waals surface area contributed by atoms with E-state index in [4.69, 9.17) is 18.9 Å². The largest absolute Gasteiger partial charge is 0.497 e. The van der Waals surface area contributed by atoms with Crippen LogP contribution in [0.25, 0.3) is 0 Å². The van der Waals surface area contributed by atoms with Crippen LogP contribution in [0.2, 0.25) is 0 Å². The fourth-order valence-corrected chi connectivity index (χ4v) is 2.08. The highest BCUT2D eigenvalue weighted by Crippen LogP contribution is 2.28. The van der Waals surface area contributed by atoms with Crippen molar-refractivity contribution in [2.45, 2.75) is 6.10 Å².